The number of carbonyl (C=O) groups excluding carboxylic acids is 1. The molecule has 0 heterocycles. The van der Waals surface area contributed by atoms with Gasteiger partial charge in [0.2, 0.25) is 5.91 Å². The van der Waals surface area contributed by atoms with Gasteiger partial charge < -0.3 is 15.4 Å². The number of nitrogens with one attached hydrogen (secondary N) is 2. The molecule has 0 aromatic heterocycles. The van der Waals surface area contributed by atoms with Crippen LogP contribution in [-0.2, 0) is 4.79 Å². The van der Waals surface area contributed by atoms with Crippen molar-refractivity contribution in [3.63, 3.8) is 0 Å². The molecule has 0 saturated heterocycles. The minimum absolute atomic E-state index is 0. The zero-order valence-electron chi connectivity index (χ0n) is 11.7. The van der Waals surface area contributed by atoms with E-state index in [2.05, 4.69) is 10.6 Å². The molecule has 20 heavy (non-hydrogen) atoms. The SMILES string of the molecule is CNCCCNC(=O)CCCOc1ccccc1Cl.Cl. The number of carbonyl (C=O) groups is 1. The molecule has 2 N–H and O–H groups in total. The molecule has 6 heteroatoms. The summed E-state index contributed by atoms with van der Waals surface area (Å²) in [5, 5.41) is 6.50. The smallest absolute Gasteiger partial charge is 0.220 e. The molecule has 0 bridgehead atoms. The maximum atomic E-state index is 11.5. The molecule has 0 radical (unpaired) electrons. The molecule has 1 amide bonds. The van der Waals surface area contributed by atoms with Crippen molar-refractivity contribution in [3.05, 3.63) is 29.3 Å². The van der Waals surface area contributed by atoms with Gasteiger partial charge >= 0.3 is 0 Å². The molecule has 1 rings (SSSR count). The predicted molar refractivity (Wildman–Crippen MR) is 85.0 cm³/mol. The lowest BCUT2D eigenvalue weighted by molar-refractivity contribution is -0.121. The van der Waals surface area contributed by atoms with Gasteiger partial charge in [-0.05, 0) is 38.6 Å². The van der Waals surface area contributed by atoms with Gasteiger partial charge in [-0.15, -0.1) is 12.4 Å². The fraction of sp³-hybridized carbons (Fsp3) is 0.500. The number of hydrogen-bond donors (Lipinski definition) is 2. The summed E-state index contributed by atoms with van der Waals surface area (Å²) in [6.45, 7) is 2.12. The fourth-order valence-corrected chi connectivity index (χ4v) is 1.75. The lowest BCUT2D eigenvalue weighted by atomic mass is 10.3. The van der Waals surface area contributed by atoms with Gasteiger partial charge in [0.25, 0.3) is 0 Å². The molecule has 0 aliphatic heterocycles. The number of ether oxygens (including phenoxy) is 1. The van der Waals surface area contributed by atoms with Crippen molar-refractivity contribution in [1.82, 2.24) is 10.6 Å². The molecule has 0 saturated carbocycles. The number of benzene rings is 1. The summed E-state index contributed by atoms with van der Waals surface area (Å²) in [7, 11) is 1.90. The summed E-state index contributed by atoms with van der Waals surface area (Å²) in [5.74, 6) is 0.734. The van der Waals surface area contributed by atoms with Crippen LogP contribution in [0.4, 0.5) is 0 Å². The van der Waals surface area contributed by atoms with Gasteiger partial charge in [-0.25, -0.2) is 0 Å². The molecule has 1 aromatic carbocycles. The molecule has 0 fully saturated rings. The highest BCUT2D eigenvalue weighted by Crippen LogP contribution is 2.23. The van der Waals surface area contributed by atoms with Crippen LogP contribution in [0.25, 0.3) is 0 Å². The van der Waals surface area contributed by atoms with Gasteiger partial charge in [0.15, 0.2) is 0 Å². The van der Waals surface area contributed by atoms with Crippen molar-refractivity contribution in [3.8, 4) is 5.75 Å². The second kappa shape index (κ2) is 11.8. The summed E-state index contributed by atoms with van der Waals surface area (Å²) in [4.78, 5) is 11.5. The topological polar surface area (TPSA) is 50.4 Å². The van der Waals surface area contributed by atoms with E-state index in [-0.39, 0.29) is 18.3 Å². The molecule has 0 atom stereocenters. The Kier molecular flexibility index (Phi) is 11.3. The number of hydrogen-bond acceptors (Lipinski definition) is 3. The van der Waals surface area contributed by atoms with Crippen molar-refractivity contribution in [2.75, 3.05) is 26.7 Å². The van der Waals surface area contributed by atoms with Crippen molar-refractivity contribution in [2.24, 2.45) is 0 Å². The van der Waals surface area contributed by atoms with E-state index < -0.39 is 0 Å². The number of rotatable bonds is 9. The van der Waals surface area contributed by atoms with E-state index in [4.69, 9.17) is 16.3 Å². The van der Waals surface area contributed by atoms with E-state index in [0.29, 0.717) is 36.8 Å². The average molecular weight is 321 g/mol. The molecule has 0 unspecified atom stereocenters. The Morgan fingerprint density at radius 3 is 2.70 bits per heavy atom. The lowest BCUT2D eigenvalue weighted by Gasteiger charge is -2.08. The first-order valence-corrected chi connectivity index (χ1v) is 6.90. The van der Waals surface area contributed by atoms with Crippen molar-refractivity contribution >= 4 is 29.9 Å². The minimum atomic E-state index is 0. The van der Waals surface area contributed by atoms with Crippen LogP contribution in [0.2, 0.25) is 5.02 Å². The average Bonchev–Trinajstić information content (AvgIpc) is 2.41. The van der Waals surface area contributed by atoms with Crippen molar-refractivity contribution < 1.29 is 9.53 Å². The summed E-state index contributed by atoms with van der Waals surface area (Å²) in [5.41, 5.74) is 0. The predicted octanol–water partition coefficient (Wildman–Crippen LogP) is 2.65. The van der Waals surface area contributed by atoms with Crippen LogP contribution in [0.3, 0.4) is 0 Å². The molecular weight excluding hydrogens is 299 g/mol. The molecular formula is C14H22Cl2N2O2. The number of amides is 1. The van der Waals surface area contributed by atoms with Gasteiger partial charge in [0.05, 0.1) is 11.6 Å². The Morgan fingerprint density at radius 1 is 1.25 bits per heavy atom. The Balaban J connectivity index is 0.00000361. The number of halogens is 2. The van der Waals surface area contributed by atoms with E-state index in [1.165, 1.54) is 0 Å². The van der Waals surface area contributed by atoms with Gasteiger partial charge in [-0.3, -0.25) is 4.79 Å². The molecule has 1 aromatic rings. The van der Waals surface area contributed by atoms with E-state index in [1.54, 1.807) is 6.07 Å². The van der Waals surface area contributed by atoms with Crippen molar-refractivity contribution in [1.29, 1.82) is 0 Å². The first-order valence-electron chi connectivity index (χ1n) is 6.52. The third-order valence-electron chi connectivity index (χ3n) is 2.57. The Hall–Kier alpha value is -0.970. The molecule has 0 spiro atoms. The molecule has 114 valence electrons. The zero-order valence-corrected chi connectivity index (χ0v) is 13.2. The second-order valence-electron chi connectivity index (χ2n) is 4.19. The van der Waals surface area contributed by atoms with Crippen LogP contribution in [0.5, 0.6) is 5.75 Å². The Morgan fingerprint density at radius 2 is 2.00 bits per heavy atom. The van der Waals surface area contributed by atoms with Crippen LogP contribution < -0.4 is 15.4 Å². The van der Waals surface area contributed by atoms with Crippen LogP contribution >= 0.6 is 24.0 Å². The number of para-hydroxylation sites is 1. The first kappa shape index (κ1) is 19.0. The Bertz CT molecular complexity index is 389. The third kappa shape index (κ3) is 8.25. The standard InChI is InChI=1S/C14H21ClN2O2.ClH/c1-16-9-5-10-17-14(18)8-4-11-19-13-7-3-2-6-12(13)15;/h2-3,6-7,16H,4-5,8-11H2,1H3,(H,17,18);1H. The van der Waals surface area contributed by atoms with Crippen LogP contribution in [0, 0.1) is 0 Å². The second-order valence-corrected chi connectivity index (χ2v) is 4.60. The quantitative estimate of drug-likeness (QED) is 0.688. The maximum Gasteiger partial charge on any atom is 0.220 e. The van der Waals surface area contributed by atoms with Gasteiger partial charge in [0.1, 0.15) is 5.75 Å². The van der Waals surface area contributed by atoms with E-state index in [9.17, 15) is 4.79 Å². The largest absolute Gasteiger partial charge is 0.492 e. The van der Waals surface area contributed by atoms with Gasteiger partial charge in [-0.1, -0.05) is 23.7 Å². The molecule has 0 aliphatic rings. The highest BCUT2D eigenvalue weighted by atomic mass is 35.5. The van der Waals surface area contributed by atoms with Gasteiger partial charge in [-0.2, -0.15) is 0 Å². The molecule has 0 aliphatic carbocycles. The zero-order chi connectivity index (χ0) is 13.9. The van der Waals surface area contributed by atoms with E-state index >= 15 is 0 Å². The summed E-state index contributed by atoms with van der Waals surface area (Å²) in [6.07, 6.45) is 2.10. The van der Waals surface area contributed by atoms with Crippen molar-refractivity contribution in [2.45, 2.75) is 19.3 Å². The van der Waals surface area contributed by atoms with E-state index in [0.717, 1.165) is 13.0 Å². The monoisotopic (exact) mass is 320 g/mol. The maximum absolute atomic E-state index is 11.5. The summed E-state index contributed by atoms with van der Waals surface area (Å²) in [6, 6.07) is 7.33. The fourth-order valence-electron chi connectivity index (χ4n) is 1.56. The first-order chi connectivity index (χ1) is 9.24. The van der Waals surface area contributed by atoms with Crippen LogP contribution in [-0.4, -0.2) is 32.7 Å². The summed E-state index contributed by atoms with van der Waals surface area (Å²) < 4.78 is 5.51. The molecule has 4 nitrogen and oxygen atoms in total. The Labute approximate surface area is 131 Å². The normalized spacial score (nSPS) is 9.70. The van der Waals surface area contributed by atoms with Gasteiger partial charge in [0, 0.05) is 13.0 Å². The lowest BCUT2D eigenvalue weighted by Crippen LogP contribution is -2.26. The highest BCUT2D eigenvalue weighted by Gasteiger charge is 2.02. The van der Waals surface area contributed by atoms with Crippen LogP contribution in [0.15, 0.2) is 24.3 Å². The highest BCUT2D eigenvalue weighted by molar-refractivity contribution is 6.32. The minimum Gasteiger partial charge on any atom is -0.492 e. The summed E-state index contributed by atoms with van der Waals surface area (Å²) >= 11 is 5.95. The van der Waals surface area contributed by atoms with Crippen LogP contribution in [0.1, 0.15) is 19.3 Å². The third-order valence-corrected chi connectivity index (χ3v) is 2.88. The van der Waals surface area contributed by atoms with E-state index in [1.807, 2.05) is 25.2 Å².